The first kappa shape index (κ1) is 7.61. The van der Waals surface area contributed by atoms with Gasteiger partial charge in [0.1, 0.15) is 6.67 Å². The average Bonchev–Trinajstić information content (AvgIpc) is 2.21. The lowest BCUT2D eigenvalue weighted by atomic mass is 10.3. The van der Waals surface area contributed by atoms with Gasteiger partial charge in [-0.3, -0.25) is 4.99 Å². The molecular formula is C8H14N4. The van der Waals surface area contributed by atoms with E-state index in [2.05, 4.69) is 20.5 Å². The molecule has 0 aromatic heterocycles. The zero-order valence-electron chi connectivity index (χ0n) is 7.08. The van der Waals surface area contributed by atoms with Crippen molar-refractivity contribution in [2.45, 2.75) is 0 Å². The molecule has 0 unspecified atom stereocenters. The molecule has 0 saturated carbocycles. The topological polar surface area (TPSA) is 39.7 Å². The minimum Gasteiger partial charge on any atom is -0.371 e. The molecule has 2 rings (SSSR count). The van der Waals surface area contributed by atoms with Crippen LogP contribution in [-0.2, 0) is 0 Å². The van der Waals surface area contributed by atoms with Crippen LogP contribution >= 0.6 is 0 Å². The molecule has 0 aromatic rings. The highest BCUT2D eigenvalue weighted by atomic mass is 15.2. The Morgan fingerprint density at radius 2 is 2.17 bits per heavy atom. The number of hydrogen-bond donors (Lipinski definition) is 2. The second-order valence-electron chi connectivity index (χ2n) is 2.98. The van der Waals surface area contributed by atoms with Crippen molar-refractivity contribution >= 4 is 6.21 Å². The largest absolute Gasteiger partial charge is 0.371 e. The molecule has 0 atom stereocenters. The number of nitrogens with one attached hydrogen (secondary N) is 2. The number of rotatable bonds is 1. The van der Waals surface area contributed by atoms with Gasteiger partial charge in [-0.2, -0.15) is 0 Å². The minimum absolute atomic E-state index is 0.718. The maximum atomic E-state index is 4.17. The van der Waals surface area contributed by atoms with E-state index < -0.39 is 0 Å². The summed E-state index contributed by atoms with van der Waals surface area (Å²) in [5, 5.41) is 6.43. The summed E-state index contributed by atoms with van der Waals surface area (Å²) in [7, 11) is 0. The smallest absolute Gasteiger partial charge is 0.107 e. The summed E-state index contributed by atoms with van der Waals surface area (Å²) in [4.78, 5) is 6.51. The number of piperazine rings is 1. The van der Waals surface area contributed by atoms with Gasteiger partial charge in [-0.05, 0) is 0 Å². The number of aliphatic imine (C=N–C) groups is 1. The monoisotopic (exact) mass is 166 g/mol. The van der Waals surface area contributed by atoms with Crippen molar-refractivity contribution in [3.05, 3.63) is 11.9 Å². The quantitative estimate of drug-likeness (QED) is 0.544. The highest BCUT2D eigenvalue weighted by molar-refractivity contribution is 5.78. The highest BCUT2D eigenvalue weighted by Crippen LogP contribution is 2.03. The maximum absolute atomic E-state index is 4.17. The Bertz CT molecular complexity index is 203. The molecule has 2 heterocycles. The van der Waals surface area contributed by atoms with E-state index in [9.17, 15) is 0 Å². The summed E-state index contributed by atoms with van der Waals surface area (Å²) in [6, 6.07) is 0. The van der Waals surface area contributed by atoms with Crippen molar-refractivity contribution in [2.24, 2.45) is 4.99 Å². The van der Waals surface area contributed by atoms with E-state index in [1.165, 1.54) is 5.70 Å². The normalized spacial score (nSPS) is 23.3. The van der Waals surface area contributed by atoms with Crippen molar-refractivity contribution in [1.82, 2.24) is 15.5 Å². The van der Waals surface area contributed by atoms with Crippen molar-refractivity contribution in [2.75, 3.05) is 32.8 Å². The van der Waals surface area contributed by atoms with Gasteiger partial charge >= 0.3 is 0 Å². The van der Waals surface area contributed by atoms with Crippen LogP contribution in [-0.4, -0.2) is 44.0 Å². The van der Waals surface area contributed by atoms with E-state index in [0.29, 0.717) is 0 Å². The summed E-state index contributed by atoms with van der Waals surface area (Å²) in [6.45, 7) is 5.03. The lowest BCUT2D eigenvalue weighted by Crippen LogP contribution is -2.43. The van der Waals surface area contributed by atoms with Gasteiger partial charge in [-0.25, -0.2) is 0 Å². The number of allylic oxidation sites excluding steroid dienone is 1. The Labute approximate surface area is 72.3 Å². The van der Waals surface area contributed by atoms with Gasteiger partial charge in [0.2, 0.25) is 0 Å². The zero-order chi connectivity index (χ0) is 8.23. The van der Waals surface area contributed by atoms with Crippen LogP contribution in [0.1, 0.15) is 0 Å². The third kappa shape index (κ3) is 1.58. The molecule has 0 amide bonds. The SMILES string of the molecule is C1=NCNC=C1N1CCNCC1. The summed E-state index contributed by atoms with van der Waals surface area (Å²) < 4.78 is 0. The first-order valence-corrected chi connectivity index (χ1v) is 4.36. The van der Waals surface area contributed by atoms with Gasteiger partial charge in [0.25, 0.3) is 0 Å². The zero-order valence-corrected chi connectivity index (χ0v) is 7.08. The fourth-order valence-electron chi connectivity index (χ4n) is 1.48. The molecule has 0 spiro atoms. The Morgan fingerprint density at radius 1 is 1.33 bits per heavy atom. The second kappa shape index (κ2) is 3.58. The molecule has 1 saturated heterocycles. The molecule has 0 aromatic carbocycles. The molecule has 12 heavy (non-hydrogen) atoms. The first-order valence-electron chi connectivity index (χ1n) is 4.36. The third-order valence-electron chi connectivity index (χ3n) is 2.14. The van der Waals surface area contributed by atoms with E-state index >= 15 is 0 Å². The Balaban J connectivity index is 1.97. The predicted molar refractivity (Wildman–Crippen MR) is 49.0 cm³/mol. The molecule has 2 aliphatic heterocycles. The Kier molecular flexibility index (Phi) is 2.27. The van der Waals surface area contributed by atoms with E-state index in [4.69, 9.17) is 0 Å². The standard InChI is InChI=1S/C8H14N4/c1-3-12(4-2-9-1)8-5-10-7-11-6-8/h5-6,9-10H,1-4,7H2. The number of hydrogen-bond acceptors (Lipinski definition) is 4. The van der Waals surface area contributed by atoms with Crippen LogP contribution in [0.4, 0.5) is 0 Å². The lowest BCUT2D eigenvalue weighted by molar-refractivity contribution is 0.310. The lowest BCUT2D eigenvalue weighted by Gasteiger charge is -2.30. The Hall–Kier alpha value is -1.03. The minimum atomic E-state index is 0.718. The van der Waals surface area contributed by atoms with Crippen LogP contribution in [0, 0.1) is 0 Å². The molecule has 0 bridgehead atoms. The highest BCUT2D eigenvalue weighted by Gasteiger charge is 2.11. The van der Waals surface area contributed by atoms with E-state index in [0.717, 1.165) is 32.8 Å². The summed E-state index contributed by atoms with van der Waals surface area (Å²) in [6.07, 6.45) is 3.99. The van der Waals surface area contributed by atoms with Gasteiger partial charge in [0, 0.05) is 38.6 Å². The van der Waals surface area contributed by atoms with Gasteiger partial charge < -0.3 is 15.5 Å². The van der Waals surface area contributed by atoms with Gasteiger partial charge in [-0.15, -0.1) is 0 Å². The van der Waals surface area contributed by atoms with E-state index in [1.54, 1.807) is 0 Å². The van der Waals surface area contributed by atoms with Crippen LogP contribution in [0.2, 0.25) is 0 Å². The third-order valence-corrected chi connectivity index (χ3v) is 2.14. The van der Waals surface area contributed by atoms with Crippen LogP contribution in [0.3, 0.4) is 0 Å². The maximum Gasteiger partial charge on any atom is 0.107 e. The van der Waals surface area contributed by atoms with Crippen LogP contribution in [0.15, 0.2) is 16.9 Å². The van der Waals surface area contributed by atoms with Crippen LogP contribution in [0.25, 0.3) is 0 Å². The molecule has 1 fully saturated rings. The fourth-order valence-corrected chi connectivity index (χ4v) is 1.48. The van der Waals surface area contributed by atoms with E-state index in [1.807, 2.05) is 12.4 Å². The molecular weight excluding hydrogens is 152 g/mol. The molecule has 4 heteroatoms. The molecule has 0 radical (unpaired) electrons. The predicted octanol–water partition coefficient (Wildman–Crippen LogP) is -0.635. The molecule has 66 valence electrons. The van der Waals surface area contributed by atoms with Crippen molar-refractivity contribution in [1.29, 1.82) is 0 Å². The summed E-state index contributed by atoms with van der Waals surface area (Å²) in [5.74, 6) is 0. The summed E-state index contributed by atoms with van der Waals surface area (Å²) >= 11 is 0. The van der Waals surface area contributed by atoms with Gasteiger partial charge in [0.15, 0.2) is 0 Å². The van der Waals surface area contributed by atoms with Gasteiger partial charge in [0.05, 0.1) is 5.70 Å². The molecule has 2 N–H and O–H groups in total. The Morgan fingerprint density at radius 3 is 2.83 bits per heavy atom. The number of nitrogens with zero attached hydrogens (tertiary/aromatic N) is 2. The van der Waals surface area contributed by atoms with E-state index in [-0.39, 0.29) is 0 Å². The van der Waals surface area contributed by atoms with Crippen molar-refractivity contribution < 1.29 is 0 Å². The molecule has 4 nitrogen and oxygen atoms in total. The van der Waals surface area contributed by atoms with Crippen molar-refractivity contribution in [3.63, 3.8) is 0 Å². The summed E-state index contributed by atoms with van der Waals surface area (Å²) in [5.41, 5.74) is 1.21. The van der Waals surface area contributed by atoms with Crippen molar-refractivity contribution in [3.8, 4) is 0 Å². The van der Waals surface area contributed by atoms with Gasteiger partial charge in [-0.1, -0.05) is 0 Å². The fraction of sp³-hybridized carbons (Fsp3) is 0.625. The second-order valence-corrected chi connectivity index (χ2v) is 2.98. The average molecular weight is 166 g/mol. The molecule has 2 aliphatic rings. The first-order chi connectivity index (χ1) is 5.97. The van der Waals surface area contributed by atoms with Crippen LogP contribution in [0.5, 0.6) is 0 Å². The molecule has 0 aliphatic carbocycles. The van der Waals surface area contributed by atoms with Crippen LogP contribution < -0.4 is 10.6 Å².